The van der Waals surface area contributed by atoms with E-state index in [4.69, 9.17) is 9.84 Å². The number of methoxy groups -OCH3 is 1. The number of hydrogen-bond donors (Lipinski definition) is 0. The van der Waals surface area contributed by atoms with Crippen LogP contribution in [-0.2, 0) is 0 Å². The minimum absolute atomic E-state index is 0.798. The van der Waals surface area contributed by atoms with Gasteiger partial charge in [0.15, 0.2) is 0 Å². The van der Waals surface area contributed by atoms with Crippen molar-refractivity contribution in [1.82, 2.24) is 9.78 Å². The van der Waals surface area contributed by atoms with Gasteiger partial charge in [0.1, 0.15) is 17.2 Å². The second-order valence-electron chi connectivity index (χ2n) is 7.87. The van der Waals surface area contributed by atoms with Crippen LogP contribution in [0.25, 0.3) is 16.9 Å². The molecule has 0 spiro atoms. The third kappa shape index (κ3) is 5.09. The lowest BCUT2D eigenvalue weighted by atomic mass is 10.0. The fourth-order valence-electron chi connectivity index (χ4n) is 3.79. The van der Waals surface area contributed by atoms with Gasteiger partial charge in [-0.15, -0.1) is 5.10 Å². The highest BCUT2D eigenvalue weighted by Crippen LogP contribution is 2.25. The lowest BCUT2D eigenvalue weighted by molar-refractivity contribution is 0.415. The van der Waals surface area contributed by atoms with E-state index in [0.717, 1.165) is 45.1 Å². The van der Waals surface area contributed by atoms with E-state index < -0.39 is 0 Å². The lowest BCUT2D eigenvalue weighted by Crippen LogP contribution is -2.02. The van der Waals surface area contributed by atoms with Crippen molar-refractivity contribution in [3.63, 3.8) is 0 Å². The molecule has 5 heteroatoms. The molecule has 0 aliphatic carbocycles. The summed E-state index contributed by atoms with van der Waals surface area (Å²) in [5.41, 5.74) is 6.44. The van der Waals surface area contributed by atoms with Gasteiger partial charge in [0, 0.05) is 28.5 Å². The molecule has 0 fully saturated rings. The highest BCUT2D eigenvalue weighted by molar-refractivity contribution is 6.13. The summed E-state index contributed by atoms with van der Waals surface area (Å²) >= 11 is 0. The van der Waals surface area contributed by atoms with Gasteiger partial charge in [-0.25, -0.2) is 4.68 Å². The molecule has 5 aromatic rings. The zero-order chi connectivity index (χ0) is 23.9. The molecule has 0 radical (unpaired) electrons. The first kappa shape index (κ1) is 22.0. The maximum atomic E-state index is 5.32. The Morgan fingerprint density at radius 1 is 0.743 bits per heavy atom. The van der Waals surface area contributed by atoms with Gasteiger partial charge in [-0.3, -0.25) is 0 Å². The van der Waals surface area contributed by atoms with Crippen LogP contribution in [0.1, 0.15) is 16.7 Å². The summed E-state index contributed by atoms with van der Waals surface area (Å²) in [6.45, 7) is 0. The Morgan fingerprint density at radius 2 is 1.31 bits per heavy atom. The quantitative estimate of drug-likeness (QED) is 0.210. The molecule has 170 valence electrons. The zero-order valence-corrected chi connectivity index (χ0v) is 19.3. The number of para-hydroxylation sites is 1. The predicted octanol–water partition coefficient (Wildman–Crippen LogP) is 6.42. The Hall–Kier alpha value is -4.77. The average molecular weight is 457 g/mol. The summed E-state index contributed by atoms with van der Waals surface area (Å²) in [4.78, 5) is 0. The Balaban J connectivity index is 1.56. The monoisotopic (exact) mass is 456 g/mol. The Morgan fingerprint density at radius 3 is 1.89 bits per heavy atom. The van der Waals surface area contributed by atoms with Gasteiger partial charge < -0.3 is 4.74 Å². The molecule has 0 N–H and O–H groups in total. The summed E-state index contributed by atoms with van der Waals surface area (Å²) in [5, 5.41) is 14.0. The maximum absolute atomic E-state index is 5.32. The molecule has 1 aromatic heterocycles. The number of hydrogen-bond acceptors (Lipinski definition) is 4. The molecule has 0 unspecified atom stereocenters. The number of benzene rings is 4. The third-order valence-electron chi connectivity index (χ3n) is 5.58. The maximum Gasteiger partial charge on any atom is 0.118 e. The van der Waals surface area contributed by atoms with Crippen LogP contribution in [0.5, 0.6) is 5.75 Å². The number of aromatic nitrogens is 2. The van der Waals surface area contributed by atoms with Crippen LogP contribution in [0.2, 0.25) is 0 Å². The summed E-state index contributed by atoms with van der Waals surface area (Å²) in [6.07, 6.45) is 3.73. The van der Waals surface area contributed by atoms with Gasteiger partial charge in [0.2, 0.25) is 0 Å². The molecule has 0 bridgehead atoms. The second-order valence-corrected chi connectivity index (χ2v) is 7.87. The standard InChI is InChI=1S/C30H24N4O/c1-35-28-19-17-25(18-20-28)30-26(22-34(33-30)27-15-9-4-10-16-27)21-31-32-29(23-11-5-2-6-12-23)24-13-7-3-8-14-24/h2-22H,1H3/b31-21-. The number of ether oxygens (including phenoxy) is 1. The van der Waals surface area contributed by atoms with Crippen molar-refractivity contribution < 1.29 is 4.74 Å². The Labute approximate surface area is 204 Å². The van der Waals surface area contributed by atoms with Crippen LogP contribution in [0, 0.1) is 0 Å². The van der Waals surface area contributed by atoms with Crippen LogP contribution in [0.3, 0.4) is 0 Å². The van der Waals surface area contributed by atoms with E-state index >= 15 is 0 Å². The van der Waals surface area contributed by atoms with Crippen LogP contribution < -0.4 is 4.74 Å². The van der Waals surface area contributed by atoms with Crippen molar-refractivity contribution in [3.8, 4) is 22.7 Å². The zero-order valence-electron chi connectivity index (χ0n) is 19.3. The first-order valence-corrected chi connectivity index (χ1v) is 11.3. The predicted molar refractivity (Wildman–Crippen MR) is 142 cm³/mol. The van der Waals surface area contributed by atoms with Crippen LogP contribution >= 0.6 is 0 Å². The van der Waals surface area contributed by atoms with E-state index in [9.17, 15) is 0 Å². The van der Waals surface area contributed by atoms with E-state index in [1.54, 1.807) is 13.3 Å². The Kier molecular flexibility index (Phi) is 6.58. The van der Waals surface area contributed by atoms with E-state index in [1.807, 2.05) is 126 Å². The smallest absolute Gasteiger partial charge is 0.118 e. The van der Waals surface area contributed by atoms with Crippen LogP contribution in [0.15, 0.2) is 132 Å². The fourth-order valence-corrected chi connectivity index (χ4v) is 3.79. The average Bonchev–Trinajstić information content (AvgIpc) is 3.37. The summed E-state index contributed by atoms with van der Waals surface area (Å²) in [6, 6.07) is 38.0. The first-order valence-electron chi connectivity index (χ1n) is 11.3. The van der Waals surface area contributed by atoms with Gasteiger partial charge >= 0.3 is 0 Å². The molecule has 1 heterocycles. The third-order valence-corrected chi connectivity index (χ3v) is 5.58. The lowest BCUT2D eigenvalue weighted by Gasteiger charge is -2.05. The molecule has 0 saturated heterocycles. The normalized spacial score (nSPS) is 10.9. The van der Waals surface area contributed by atoms with Crippen LogP contribution in [-0.4, -0.2) is 28.8 Å². The summed E-state index contributed by atoms with van der Waals surface area (Å²) in [5.74, 6) is 0.798. The topological polar surface area (TPSA) is 51.8 Å². The number of rotatable bonds is 7. The molecule has 0 amide bonds. The van der Waals surface area contributed by atoms with E-state index in [-0.39, 0.29) is 0 Å². The molecular formula is C30H24N4O. The van der Waals surface area contributed by atoms with Gasteiger partial charge in [-0.1, -0.05) is 78.9 Å². The van der Waals surface area contributed by atoms with E-state index in [2.05, 4.69) is 10.2 Å². The molecule has 0 atom stereocenters. The molecule has 5 rings (SSSR count). The number of nitrogens with zero attached hydrogens (tertiary/aromatic N) is 4. The molecule has 5 nitrogen and oxygen atoms in total. The van der Waals surface area contributed by atoms with E-state index in [1.165, 1.54) is 0 Å². The van der Waals surface area contributed by atoms with Crippen molar-refractivity contribution in [2.75, 3.05) is 7.11 Å². The first-order chi connectivity index (χ1) is 17.3. The molecule has 0 aliphatic rings. The molecular weight excluding hydrogens is 432 g/mol. The molecule has 4 aromatic carbocycles. The van der Waals surface area contributed by atoms with Crippen molar-refractivity contribution >= 4 is 11.9 Å². The van der Waals surface area contributed by atoms with Gasteiger partial charge in [0.25, 0.3) is 0 Å². The summed E-state index contributed by atoms with van der Waals surface area (Å²) < 4.78 is 7.18. The second kappa shape index (κ2) is 10.4. The van der Waals surface area contributed by atoms with Crippen molar-refractivity contribution in [2.24, 2.45) is 10.2 Å². The van der Waals surface area contributed by atoms with Crippen molar-refractivity contribution in [1.29, 1.82) is 0 Å². The highest BCUT2D eigenvalue weighted by Gasteiger charge is 2.12. The van der Waals surface area contributed by atoms with Gasteiger partial charge in [-0.2, -0.15) is 10.2 Å². The molecule has 0 aliphatic heterocycles. The van der Waals surface area contributed by atoms with Gasteiger partial charge in [0.05, 0.1) is 19.0 Å². The van der Waals surface area contributed by atoms with E-state index in [0.29, 0.717) is 0 Å². The minimum atomic E-state index is 0.798. The van der Waals surface area contributed by atoms with Crippen molar-refractivity contribution in [2.45, 2.75) is 0 Å². The highest BCUT2D eigenvalue weighted by atomic mass is 16.5. The SMILES string of the molecule is COc1ccc(-c2nn(-c3ccccc3)cc2/C=N\N=C(c2ccccc2)c2ccccc2)cc1. The van der Waals surface area contributed by atoms with Crippen LogP contribution in [0.4, 0.5) is 0 Å². The fraction of sp³-hybridized carbons (Fsp3) is 0.0333. The van der Waals surface area contributed by atoms with Crippen molar-refractivity contribution in [3.05, 3.63) is 138 Å². The summed E-state index contributed by atoms with van der Waals surface area (Å²) in [7, 11) is 1.66. The minimum Gasteiger partial charge on any atom is -0.497 e. The largest absolute Gasteiger partial charge is 0.497 e. The molecule has 0 saturated carbocycles. The molecule has 35 heavy (non-hydrogen) atoms. The Bertz CT molecular complexity index is 1400. The van der Waals surface area contributed by atoms with Gasteiger partial charge in [-0.05, 0) is 36.4 Å².